The molecule has 2 fully saturated rings. The highest BCUT2D eigenvalue weighted by Crippen LogP contribution is 2.61. The lowest BCUT2D eigenvalue weighted by atomic mass is 9.77. The van der Waals surface area contributed by atoms with Crippen LogP contribution in [0.4, 0.5) is 22.0 Å². The molecular formula is C30H36F5N3O4S. The van der Waals surface area contributed by atoms with E-state index in [9.17, 15) is 42.4 Å². The van der Waals surface area contributed by atoms with Crippen molar-refractivity contribution in [1.29, 1.82) is 0 Å². The Bertz CT molecular complexity index is 1420. The lowest BCUT2D eigenvalue weighted by molar-refractivity contribution is -0.105. The van der Waals surface area contributed by atoms with E-state index in [1.807, 2.05) is 32.0 Å². The molecule has 13 heteroatoms. The Morgan fingerprint density at radius 2 is 1.60 bits per heavy atom. The maximum Gasteiger partial charge on any atom is 0.248 e. The van der Waals surface area contributed by atoms with Crippen LogP contribution in [0.5, 0.6) is 0 Å². The first-order valence-electron chi connectivity index (χ1n) is 14.2. The second-order valence-electron chi connectivity index (χ2n) is 12.0. The van der Waals surface area contributed by atoms with Crippen molar-refractivity contribution in [1.82, 2.24) is 15.0 Å². The lowest BCUT2D eigenvalue weighted by Crippen LogP contribution is -2.53. The van der Waals surface area contributed by atoms with Gasteiger partial charge in [-0.3, -0.25) is 0 Å². The molecule has 1 unspecified atom stereocenters. The molecule has 236 valence electrons. The van der Waals surface area contributed by atoms with Crippen LogP contribution in [0, 0.1) is 17.5 Å². The second-order valence-corrected chi connectivity index (χ2v) is 14.6. The van der Waals surface area contributed by atoms with E-state index in [1.165, 1.54) is 6.20 Å². The van der Waals surface area contributed by atoms with E-state index in [1.54, 1.807) is 6.07 Å². The number of rotatable bonds is 7. The van der Waals surface area contributed by atoms with Gasteiger partial charge in [0.15, 0.2) is 17.5 Å². The zero-order valence-electron chi connectivity index (χ0n) is 23.7. The average molecular weight is 630 g/mol. The first kappa shape index (κ1) is 31.8. The molecular weight excluding hydrogens is 593 g/mol. The minimum atomic E-state index is -2.91. The Balaban J connectivity index is 1.52. The summed E-state index contributed by atoms with van der Waals surface area (Å²) in [5, 5.41) is 52.0. The van der Waals surface area contributed by atoms with E-state index >= 15 is 0 Å². The molecule has 0 bridgehead atoms. The SMILES string of the molecule is CC(C)c1ccccc1[C@@H]([SH]1C[C@H](O)[C@H](n2cc(-c3cc(F)c(F)c(F)c3)nn2)[C@@H](O)[C@H]1CO)C1(O)CCC(F)(F)CC1. The Kier molecular flexibility index (Phi) is 8.94. The van der Waals surface area contributed by atoms with E-state index in [-0.39, 0.29) is 35.8 Å². The maximum atomic E-state index is 14.3. The van der Waals surface area contributed by atoms with E-state index in [0.29, 0.717) is 0 Å². The van der Waals surface area contributed by atoms with Crippen molar-refractivity contribution in [2.24, 2.45) is 0 Å². The molecule has 0 spiro atoms. The fourth-order valence-corrected chi connectivity index (χ4v) is 10.4. The highest BCUT2D eigenvalue weighted by atomic mass is 32.2. The third kappa shape index (κ3) is 6.06. The number of halogens is 5. The highest BCUT2D eigenvalue weighted by molar-refractivity contribution is 8.18. The number of aliphatic hydroxyl groups is 4. The minimum Gasteiger partial charge on any atom is -0.395 e. The number of hydrogen-bond acceptors (Lipinski definition) is 6. The lowest BCUT2D eigenvalue weighted by Gasteiger charge is -2.53. The molecule has 1 saturated carbocycles. The van der Waals surface area contributed by atoms with Crippen LogP contribution < -0.4 is 0 Å². The quantitative estimate of drug-likeness (QED) is 0.146. The van der Waals surface area contributed by atoms with Gasteiger partial charge in [0.05, 0.1) is 30.6 Å². The molecule has 2 aromatic carbocycles. The van der Waals surface area contributed by atoms with Crippen molar-refractivity contribution in [3.05, 3.63) is 71.2 Å². The topological polar surface area (TPSA) is 112 Å². The van der Waals surface area contributed by atoms with Gasteiger partial charge < -0.3 is 20.4 Å². The molecule has 1 aliphatic heterocycles. The monoisotopic (exact) mass is 629 g/mol. The summed E-state index contributed by atoms with van der Waals surface area (Å²) >= 11 is 0. The fraction of sp³-hybridized carbons (Fsp3) is 0.533. The molecule has 7 nitrogen and oxygen atoms in total. The summed E-state index contributed by atoms with van der Waals surface area (Å²) in [7, 11) is -1.61. The largest absolute Gasteiger partial charge is 0.395 e. The smallest absolute Gasteiger partial charge is 0.248 e. The van der Waals surface area contributed by atoms with Gasteiger partial charge in [-0.15, -0.1) is 5.10 Å². The average Bonchev–Trinajstić information content (AvgIpc) is 3.43. The first-order chi connectivity index (χ1) is 20.3. The van der Waals surface area contributed by atoms with Gasteiger partial charge in [-0.2, -0.15) is 0 Å². The van der Waals surface area contributed by atoms with Crippen LogP contribution >= 0.6 is 10.9 Å². The van der Waals surface area contributed by atoms with Crippen molar-refractivity contribution in [3.63, 3.8) is 0 Å². The molecule has 1 aliphatic carbocycles. The summed E-state index contributed by atoms with van der Waals surface area (Å²) in [6.07, 6.45) is -2.77. The summed E-state index contributed by atoms with van der Waals surface area (Å²) in [5.74, 6) is -7.32. The molecule has 0 amide bonds. The van der Waals surface area contributed by atoms with Gasteiger partial charge in [-0.25, -0.2) is 37.5 Å². The van der Waals surface area contributed by atoms with Crippen LogP contribution in [0.3, 0.4) is 0 Å². The second kappa shape index (κ2) is 12.1. The molecule has 43 heavy (non-hydrogen) atoms. The number of alkyl halides is 2. The van der Waals surface area contributed by atoms with Gasteiger partial charge in [0.1, 0.15) is 11.7 Å². The maximum absolute atomic E-state index is 14.3. The molecule has 1 saturated heterocycles. The van der Waals surface area contributed by atoms with Crippen molar-refractivity contribution in [2.45, 2.75) is 85.7 Å². The number of thiol groups is 1. The third-order valence-electron chi connectivity index (χ3n) is 8.85. The van der Waals surface area contributed by atoms with Crippen LogP contribution in [0.2, 0.25) is 0 Å². The molecule has 5 rings (SSSR count). The minimum absolute atomic E-state index is 0.0250. The number of benzene rings is 2. The summed E-state index contributed by atoms with van der Waals surface area (Å²) < 4.78 is 70.8. The summed E-state index contributed by atoms with van der Waals surface area (Å²) in [5.41, 5.74) is -0.0500. The van der Waals surface area contributed by atoms with E-state index in [4.69, 9.17) is 0 Å². The Morgan fingerprint density at radius 1 is 1.00 bits per heavy atom. The van der Waals surface area contributed by atoms with Crippen LogP contribution in [0.1, 0.15) is 67.9 Å². The Hall–Kier alpha value is -2.58. The fourth-order valence-electron chi connectivity index (χ4n) is 6.60. The molecule has 2 heterocycles. The standard InChI is InChI=1S/C30H36F5N3O4S/c1-16(2)18-5-3-4-6-19(18)28(29(42)7-9-30(34,35)10-8-29)43-15-23(40)26(27(41)24(43)14-39)38-13-22(36-37-38)17-11-20(31)25(33)21(32)12-17/h3-6,11-13,16,23-24,26-28,39-43H,7-10,14-15H2,1-2H3/t23-,24+,26-,27-,28+/m0/s1. The Morgan fingerprint density at radius 3 is 2.19 bits per heavy atom. The predicted octanol–water partition coefficient (Wildman–Crippen LogP) is 4.81. The zero-order chi connectivity index (χ0) is 31.3. The van der Waals surface area contributed by atoms with Crippen molar-refractivity contribution in [2.75, 3.05) is 12.4 Å². The number of nitrogens with zero attached hydrogens (tertiary/aromatic N) is 3. The van der Waals surface area contributed by atoms with Crippen LogP contribution in [0.15, 0.2) is 42.6 Å². The van der Waals surface area contributed by atoms with Gasteiger partial charge in [0.25, 0.3) is 0 Å². The summed E-state index contributed by atoms with van der Waals surface area (Å²) in [4.78, 5) is 0. The van der Waals surface area contributed by atoms with Gasteiger partial charge in [-0.05, 0) is 42.0 Å². The third-order valence-corrected chi connectivity index (χ3v) is 12.4. The van der Waals surface area contributed by atoms with Gasteiger partial charge in [0, 0.05) is 34.7 Å². The number of hydrogen-bond donors (Lipinski definition) is 5. The Labute approximate surface area is 248 Å². The predicted molar refractivity (Wildman–Crippen MR) is 153 cm³/mol. The van der Waals surface area contributed by atoms with Crippen molar-refractivity contribution < 1.29 is 42.4 Å². The zero-order valence-corrected chi connectivity index (χ0v) is 24.6. The van der Waals surface area contributed by atoms with Crippen LogP contribution in [-0.2, 0) is 0 Å². The van der Waals surface area contributed by atoms with Crippen molar-refractivity contribution >= 4 is 10.9 Å². The van der Waals surface area contributed by atoms with Crippen LogP contribution in [-0.4, -0.2) is 76.8 Å². The molecule has 2 aliphatic rings. The molecule has 4 N–H and O–H groups in total. The normalized spacial score (nSPS) is 28.6. The molecule has 3 aromatic rings. The van der Waals surface area contributed by atoms with Gasteiger partial charge in [0.2, 0.25) is 5.92 Å². The molecule has 0 radical (unpaired) electrons. The van der Waals surface area contributed by atoms with Gasteiger partial charge in [-0.1, -0.05) is 43.3 Å². The number of aromatic nitrogens is 3. The number of aliphatic hydroxyl groups excluding tert-OH is 3. The van der Waals surface area contributed by atoms with Gasteiger partial charge >= 0.3 is 0 Å². The first-order valence-corrected chi connectivity index (χ1v) is 15.9. The van der Waals surface area contributed by atoms with E-state index in [0.717, 1.165) is 27.9 Å². The van der Waals surface area contributed by atoms with Crippen molar-refractivity contribution in [3.8, 4) is 11.3 Å². The highest BCUT2D eigenvalue weighted by Gasteiger charge is 2.54. The molecule has 1 aromatic heterocycles. The van der Waals surface area contributed by atoms with E-state index in [2.05, 4.69) is 10.3 Å². The van der Waals surface area contributed by atoms with Crippen LogP contribution in [0.25, 0.3) is 11.3 Å². The molecule has 6 atom stereocenters. The van der Waals surface area contributed by atoms with E-state index < -0.39 is 88.1 Å². The summed E-state index contributed by atoms with van der Waals surface area (Å²) in [6, 6.07) is 7.79. The summed E-state index contributed by atoms with van der Waals surface area (Å²) in [6.45, 7) is 3.44.